The van der Waals surface area contributed by atoms with E-state index in [2.05, 4.69) is 5.10 Å². The molecule has 1 aromatic heterocycles. The molecule has 1 fully saturated rings. The Hall–Kier alpha value is -1.51. The summed E-state index contributed by atoms with van der Waals surface area (Å²) < 4.78 is 27.6. The number of hydrogen-bond acceptors (Lipinski definition) is 5. The monoisotopic (exact) mass is 366 g/mol. The molecule has 0 spiro atoms. The average Bonchev–Trinajstić information content (AvgIpc) is 3.03. The van der Waals surface area contributed by atoms with Crippen molar-refractivity contribution in [3.63, 3.8) is 0 Å². The maximum Gasteiger partial charge on any atom is 0.199 e. The molecule has 0 amide bonds. The fourth-order valence-electron chi connectivity index (χ4n) is 2.98. The zero-order valence-electron chi connectivity index (χ0n) is 14.1. The van der Waals surface area contributed by atoms with Gasteiger partial charge >= 0.3 is 0 Å². The number of benzene rings is 1. The number of hydrogen-bond donors (Lipinski definition) is 0. The van der Waals surface area contributed by atoms with Gasteiger partial charge in [0.1, 0.15) is 0 Å². The third-order valence-electron chi connectivity index (χ3n) is 4.54. The number of nitrogens with zero attached hydrogens (tertiary/aromatic N) is 4. The van der Waals surface area contributed by atoms with Gasteiger partial charge in [0.25, 0.3) is 0 Å². The molecule has 2 heterocycles. The lowest BCUT2D eigenvalue weighted by atomic mass is 10.1. The van der Waals surface area contributed by atoms with Crippen molar-refractivity contribution in [2.75, 3.05) is 18.6 Å². The first kappa shape index (κ1) is 17.3. The molecule has 1 atom stereocenters. The second-order valence-corrected chi connectivity index (χ2v) is 9.08. The van der Waals surface area contributed by atoms with E-state index >= 15 is 0 Å². The Morgan fingerprint density at radius 2 is 2.00 bits per heavy atom. The first-order valence-electron chi connectivity index (χ1n) is 7.88. The zero-order chi connectivity index (χ0) is 17.5. The predicted octanol–water partition coefficient (Wildman–Crippen LogP) is 2.00. The van der Waals surface area contributed by atoms with E-state index in [-0.39, 0.29) is 17.5 Å². The van der Waals surface area contributed by atoms with Crippen LogP contribution in [-0.2, 0) is 23.6 Å². The molecule has 1 aliphatic heterocycles. The second kappa shape index (κ2) is 6.42. The molecule has 0 saturated carbocycles. The Bertz CT molecular complexity index is 897. The van der Waals surface area contributed by atoms with Crippen LogP contribution in [0.1, 0.15) is 12.0 Å². The topological polar surface area (TPSA) is 60.1 Å². The minimum Gasteiger partial charge on any atom is -0.303 e. The normalized spacial score (nSPS) is 19.9. The molecule has 130 valence electrons. The fourth-order valence-corrected chi connectivity index (χ4v) is 4.97. The van der Waals surface area contributed by atoms with Gasteiger partial charge in [-0.1, -0.05) is 29.8 Å². The molecule has 0 bridgehead atoms. The van der Waals surface area contributed by atoms with E-state index in [1.165, 1.54) is 5.56 Å². The lowest BCUT2D eigenvalue weighted by molar-refractivity contribution is 0.196. The Morgan fingerprint density at radius 1 is 1.33 bits per heavy atom. The highest BCUT2D eigenvalue weighted by Crippen LogP contribution is 2.20. The average molecular weight is 367 g/mol. The molecule has 8 heteroatoms. The van der Waals surface area contributed by atoms with Crippen molar-refractivity contribution in [1.29, 1.82) is 0 Å². The summed E-state index contributed by atoms with van der Waals surface area (Å²) in [5.74, 6) is 1.30. The number of rotatable bonds is 4. The van der Waals surface area contributed by atoms with Crippen molar-refractivity contribution in [1.82, 2.24) is 19.2 Å². The van der Waals surface area contributed by atoms with Crippen LogP contribution in [0.25, 0.3) is 11.4 Å². The van der Waals surface area contributed by atoms with Crippen LogP contribution in [0, 0.1) is 11.7 Å². The maximum absolute atomic E-state index is 11.7. The summed E-state index contributed by atoms with van der Waals surface area (Å²) in [6, 6.07) is 8.19. The zero-order valence-corrected chi connectivity index (χ0v) is 15.8. The van der Waals surface area contributed by atoms with Crippen molar-refractivity contribution in [3.05, 3.63) is 34.6 Å². The van der Waals surface area contributed by atoms with Crippen molar-refractivity contribution in [3.8, 4) is 11.4 Å². The predicted molar refractivity (Wildman–Crippen MR) is 97.0 cm³/mol. The largest absolute Gasteiger partial charge is 0.303 e. The van der Waals surface area contributed by atoms with E-state index in [1.807, 2.05) is 54.8 Å². The van der Waals surface area contributed by atoms with E-state index in [1.54, 1.807) is 4.68 Å². The van der Waals surface area contributed by atoms with E-state index in [0.29, 0.717) is 17.9 Å². The summed E-state index contributed by atoms with van der Waals surface area (Å²) in [4.78, 5) is 2.02. The van der Waals surface area contributed by atoms with Gasteiger partial charge in [-0.2, -0.15) is 5.10 Å². The molecule has 2 aromatic rings. The lowest BCUT2D eigenvalue weighted by Crippen LogP contribution is -2.34. The van der Waals surface area contributed by atoms with Crippen molar-refractivity contribution in [2.24, 2.45) is 7.05 Å². The first-order valence-corrected chi connectivity index (χ1v) is 10.1. The van der Waals surface area contributed by atoms with Gasteiger partial charge in [-0.25, -0.2) is 13.1 Å². The van der Waals surface area contributed by atoms with E-state index in [9.17, 15) is 8.42 Å². The summed E-state index contributed by atoms with van der Waals surface area (Å²) in [7, 11) is 0.932. The van der Waals surface area contributed by atoms with Crippen LogP contribution in [0.4, 0.5) is 0 Å². The van der Waals surface area contributed by atoms with Crippen LogP contribution in [0.2, 0.25) is 0 Å². The van der Waals surface area contributed by atoms with Crippen LogP contribution < -0.4 is 0 Å². The number of aromatic nitrogens is 3. The molecule has 0 N–H and O–H groups in total. The Balaban J connectivity index is 1.83. The Morgan fingerprint density at radius 3 is 2.58 bits per heavy atom. The summed E-state index contributed by atoms with van der Waals surface area (Å²) >= 11 is 5.50. The molecule has 1 aliphatic rings. The highest BCUT2D eigenvalue weighted by molar-refractivity contribution is 7.91. The van der Waals surface area contributed by atoms with Crippen LogP contribution >= 0.6 is 12.2 Å². The van der Waals surface area contributed by atoms with Crippen LogP contribution in [0.15, 0.2) is 24.3 Å². The van der Waals surface area contributed by atoms with Crippen LogP contribution in [-0.4, -0.2) is 52.3 Å². The first-order chi connectivity index (χ1) is 11.3. The van der Waals surface area contributed by atoms with Gasteiger partial charge in [0.2, 0.25) is 0 Å². The molecule has 1 saturated heterocycles. The highest BCUT2D eigenvalue weighted by Gasteiger charge is 2.30. The van der Waals surface area contributed by atoms with Crippen LogP contribution in [0.3, 0.4) is 0 Å². The van der Waals surface area contributed by atoms with Gasteiger partial charge < -0.3 is 4.57 Å². The van der Waals surface area contributed by atoms with E-state index < -0.39 is 9.84 Å². The smallest absolute Gasteiger partial charge is 0.199 e. The van der Waals surface area contributed by atoms with Crippen molar-refractivity contribution >= 4 is 22.1 Å². The third-order valence-corrected chi connectivity index (χ3v) is 6.77. The van der Waals surface area contributed by atoms with Gasteiger partial charge in [-0.15, -0.1) is 0 Å². The quantitative estimate of drug-likeness (QED) is 0.775. The highest BCUT2D eigenvalue weighted by atomic mass is 32.2. The molecule has 1 aromatic carbocycles. The van der Waals surface area contributed by atoms with E-state index in [4.69, 9.17) is 12.2 Å². The Labute approximate surface area is 147 Å². The summed E-state index contributed by atoms with van der Waals surface area (Å²) in [5.41, 5.74) is 2.21. The molecule has 0 radical (unpaired) electrons. The standard InChI is InChI=1S/C16H22N4O2S2/c1-12-4-6-13(7-5-12)15-17-20(16(23)19(15)3)11-18(2)14-8-9-24(21,22)10-14/h4-7,14H,8-11H2,1-3H3/t14-/m0/s1. The SMILES string of the molecule is Cc1ccc(-c2nn(CN(C)[C@H]3CCS(=O)(=O)C3)c(=S)n2C)cc1. The minimum absolute atomic E-state index is 0.0294. The molecule has 3 rings (SSSR count). The van der Waals surface area contributed by atoms with Gasteiger partial charge in [0, 0.05) is 18.7 Å². The van der Waals surface area contributed by atoms with Crippen molar-refractivity contribution < 1.29 is 8.42 Å². The van der Waals surface area contributed by atoms with E-state index in [0.717, 1.165) is 11.4 Å². The molecule has 0 aliphatic carbocycles. The van der Waals surface area contributed by atoms with Gasteiger partial charge in [-0.3, -0.25) is 4.90 Å². The summed E-state index contributed by atoms with van der Waals surface area (Å²) in [5, 5.41) is 4.64. The molecular weight excluding hydrogens is 344 g/mol. The summed E-state index contributed by atoms with van der Waals surface area (Å²) in [6.07, 6.45) is 0.670. The second-order valence-electron chi connectivity index (χ2n) is 6.49. The van der Waals surface area contributed by atoms with Gasteiger partial charge in [0.15, 0.2) is 20.4 Å². The van der Waals surface area contributed by atoms with Crippen molar-refractivity contribution in [2.45, 2.75) is 26.1 Å². The van der Waals surface area contributed by atoms with Crippen LogP contribution in [0.5, 0.6) is 0 Å². The molecule has 6 nitrogen and oxygen atoms in total. The Kier molecular flexibility index (Phi) is 4.63. The maximum atomic E-state index is 11.7. The fraction of sp³-hybridized carbons (Fsp3) is 0.500. The number of aryl methyl sites for hydroxylation is 1. The number of sulfone groups is 1. The van der Waals surface area contributed by atoms with Gasteiger partial charge in [0.05, 0.1) is 18.2 Å². The molecule has 0 unspecified atom stereocenters. The summed E-state index contributed by atoms with van der Waals surface area (Å²) in [6.45, 7) is 2.53. The molecule has 24 heavy (non-hydrogen) atoms. The van der Waals surface area contributed by atoms with Gasteiger partial charge in [-0.05, 0) is 32.6 Å². The lowest BCUT2D eigenvalue weighted by Gasteiger charge is -2.22. The molecular formula is C16H22N4O2S2. The third kappa shape index (κ3) is 3.45. The minimum atomic E-state index is -2.90.